The van der Waals surface area contributed by atoms with E-state index in [9.17, 15) is 0 Å². The quantitative estimate of drug-likeness (QED) is 0.517. The molecule has 0 aliphatic carbocycles. The first-order valence-corrected chi connectivity index (χ1v) is 9.28. The molecule has 4 N–H and O–H groups in total. The number of benzene rings is 2. The van der Waals surface area contributed by atoms with E-state index in [0.29, 0.717) is 5.69 Å². The van der Waals surface area contributed by atoms with E-state index in [1.54, 1.807) is 12.5 Å². The van der Waals surface area contributed by atoms with Crippen molar-refractivity contribution in [2.45, 2.75) is 13.1 Å². The van der Waals surface area contributed by atoms with Gasteiger partial charge in [-0.2, -0.15) is 0 Å². The second-order valence-corrected chi connectivity index (χ2v) is 6.98. The first-order chi connectivity index (χ1) is 14.1. The summed E-state index contributed by atoms with van der Waals surface area (Å²) in [7, 11) is 0. The number of nitrogens with two attached hydrogens (primary N) is 2. The van der Waals surface area contributed by atoms with E-state index in [1.807, 2.05) is 77.1 Å². The van der Waals surface area contributed by atoms with Crippen molar-refractivity contribution in [3.63, 3.8) is 0 Å². The van der Waals surface area contributed by atoms with Gasteiger partial charge in [-0.3, -0.25) is 0 Å². The molecule has 0 spiro atoms. The largest absolute Gasteiger partial charge is 0.457 e. The first kappa shape index (κ1) is 17.3. The van der Waals surface area contributed by atoms with Gasteiger partial charge in [0.2, 0.25) is 0 Å². The summed E-state index contributed by atoms with van der Waals surface area (Å²) in [5.41, 5.74) is 17.7. The molecule has 7 heteroatoms. The van der Waals surface area contributed by atoms with Crippen molar-refractivity contribution in [2.75, 3.05) is 10.6 Å². The van der Waals surface area contributed by atoms with Crippen LogP contribution in [0.25, 0.3) is 5.65 Å². The van der Waals surface area contributed by atoms with Crippen LogP contribution in [-0.4, -0.2) is 15.7 Å². The van der Waals surface area contributed by atoms with Gasteiger partial charge in [0.25, 0.3) is 0 Å². The molecule has 1 aliphatic heterocycles. The number of aryl methyl sites for hydroxylation is 1. The monoisotopic (exact) mass is 384 g/mol. The van der Waals surface area contributed by atoms with Crippen LogP contribution in [0.5, 0.6) is 11.5 Å². The molecule has 1 unspecified atom stereocenters. The lowest BCUT2D eigenvalue weighted by Crippen LogP contribution is -2.36. The van der Waals surface area contributed by atoms with Crippen molar-refractivity contribution in [3.8, 4) is 11.5 Å². The molecule has 3 heterocycles. The number of hydrogen-bond acceptors (Lipinski definition) is 6. The minimum Gasteiger partial charge on any atom is -0.457 e. The van der Waals surface area contributed by atoms with Gasteiger partial charge in [-0.1, -0.05) is 6.07 Å². The van der Waals surface area contributed by atoms with Gasteiger partial charge in [0.1, 0.15) is 23.3 Å². The van der Waals surface area contributed by atoms with Crippen LogP contribution in [0.2, 0.25) is 0 Å². The Labute approximate surface area is 167 Å². The van der Waals surface area contributed by atoms with Crippen LogP contribution in [0.1, 0.15) is 17.3 Å². The number of aromatic nitrogens is 2. The number of pyridine rings is 1. The zero-order valence-corrected chi connectivity index (χ0v) is 15.9. The van der Waals surface area contributed by atoms with E-state index in [0.717, 1.165) is 39.6 Å². The summed E-state index contributed by atoms with van der Waals surface area (Å²) in [5.74, 6) is 1.50. The van der Waals surface area contributed by atoms with Crippen LogP contribution >= 0.6 is 0 Å². The van der Waals surface area contributed by atoms with E-state index in [2.05, 4.69) is 9.98 Å². The third-order valence-corrected chi connectivity index (χ3v) is 5.09. The highest BCUT2D eigenvalue weighted by Crippen LogP contribution is 2.37. The number of nitrogens with zero attached hydrogens (tertiary/aromatic N) is 4. The number of fused-ring (bicyclic) bond motifs is 2. The Kier molecular flexibility index (Phi) is 3.96. The number of hydrogen-bond donors (Lipinski definition) is 2. The first-order valence-electron chi connectivity index (χ1n) is 9.28. The Morgan fingerprint density at radius 2 is 1.97 bits per heavy atom. The van der Waals surface area contributed by atoms with E-state index < -0.39 is 6.17 Å². The second kappa shape index (κ2) is 6.65. The summed E-state index contributed by atoms with van der Waals surface area (Å²) in [6.07, 6.45) is 6.92. The molecule has 4 aromatic rings. The smallest absolute Gasteiger partial charge is 0.140 e. The average Bonchev–Trinajstić information content (AvgIpc) is 3.18. The van der Waals surface area contributed by atoms with Crippen LogP contribution in [0.4, 0.5) is 17.1 Å². The zero-order chi connectivity index (χ0) is 20.0. The van der Waals surface area contributed by atoms with Crippen LogP contribution in [0.3, 0.4) is 0 Å². The van der Waals surface area contributed by atoms with Crippen molar-refractivity contribution < 1.29 is 4.74 Å². The van der Waals surface area contributed by atoms with E-state index in [1.165, 1.54) is 0 Å². The van der Waals surface area contributed by atoms with Crippen LogP contribution in [0.15, 0.2) is 72.1 Å². The predicted octanol–water partition coefficient (Wildman–Crippen LogP) is 4.15. The molecule has 0 saturated heterocycles. The third kappa shape index (κ3) is 2.97. The number of nitrogen functional groups attached to an aromatic ring is 1. The number of aliphatic imine (C=N–C) groups is 1. The van der Waals surface area contributed by atoms with E-state index >= 15 is 0 Å². The normalized spacial score (nSPS) is 15.5. The molecule has 0 amide bonds. The summed E-state index contributed by atoms with van der Waals surface area (Å²) in [6, 6.07) is 15.4. The van der Waals surface area contributed by atoms with Gasteiger partial charge >= 0.3 is 0 Å². The molecule has 0 fully saturated rings. The summed E-state index contributed by atoms with van der Waals surface area (Å²) < 4.78 is 8.01. The van der Waals surface area contributed by atoms with Gasteiger partial charge in [-0.25, -0.2) is 9.98 Å². The fourth-order valence-electron chi connectivity index (χ4n) is 3.56. The maximum atomic E-state index is 6.49. The standard InChI is InChI=1S/C22H20N6O/c1-14-11-15(28-13-26-18-4-2-3-17(23)21(18)22(28)24)5-6-19(14)29-16-7-9-27-10-8-25-20(27)12-16/h2-13,22H,23-24H2,1H3. The van der Waals surface area contributed by atoms with Gasteiger partial charge in [-0.15, -0.1) is 0 Å². The SMILES string of the molecule is Cc1cc(N2C=Nc3cccc(N)c3C2N)ccc1Oc1ccn2ccnc2c1. The molecule has 144 valence electrons. The number of ether oxygens (including phenoxy) is 1. The van der Waals surface area contributed by atoms with E-state index in [4.69, 9.17) is 16.2 Å². The van der Waals surface area contributed by atoms with E-state index in [-0.39, 0.29) is 0 Å². The summed E-state index contributed by atoms with van der Waals surface area (Å²) in [4.78, 5) is 10.7. The fraction of sp³-hybridized carbons (Fsp3) is 0.0909. The number of rotatable bonds is 3. The van der Waals surface area contributed by atoms with Crippen molar-refractivity contribution >= 4 is 29.0 Å². The predicted molar refractivity (Wildman–Crippen MR) is 115 cm³/mol. The third-order valence-electron chi connectivity index (χ3n) is 5.09. The Balaban J connectivity index is 1.43. The Morgan fingerprint density at radius 3 is 2.83 bits per heavy atom. The molecule has 29 heavy (non-hydrogen) atoms. The lowest BCUT2D eigenvalue weighted by atomic mass is 10.0. The summed E-state index contributed by atoms with van der Waals surface area (Å²) in [5, 5.41) is 0. The highest BCUT2D eigenvalue weighted by Gasteiger charge is 2.24. The molecule has 2 aromatic heterocycles. The van der Waals surface area contributed by atoms with Crippen molar-refractivity contribution in [2.24, 2.45) is 10.7 Å². The molecule has 7 nitrogen and oxygen atoms in total. The summed E-state index contributed by atoms with van der Waals surface area (Å²) in [6.45, 7) is 2.00. The molecular weight excluding hydrogens is 364 g/mol. The average molecular weight is 384 g/mol. The van der Waals surface area contributed by atoms with Gasteiger partial charge in [0.05, 0.1) is 12.0 Å². The summed E-state index contributed by atoms with van der Waals surface area (Å²) >= 11 is 0. The maximum Gasteiger partial charge on any atom is 0.140 e. The Hall–Kier alpha value is -3.84. The number of imidazole rings is 1. The highest BCUT2D eigenvalue weighted by atomic mass is 16.5. The number of anilines is 2. The van der Waals surface area contributed by atoms with Crippen molar-refractivity contribution in [1.82, 2.24) is 9.38 Å². The molecule has 5 rings (SSSR count). The minimum atomic E-state index is -0.405. The molecule has 0 saturated carbocycles. The van der Waals surface area contributed by atoms with Crippen molar-refractivity contribution in [1.29, 1.82) is 0 Å². The Morgan fingerprint density at radius 1 is 1.07 bits per heavy atom. The van der Waals surface area contributed by atoms with Crippen LogP contribution in [-0.2, 0) is 0 Å². The molecule has 2 aromatic carbocycles. The van der Waals surface area contributed by atoms with Crippen molar-refractivity contribution in [3.05, 3.63) is 78.2 Å². The molecule has 1 aliphatic rings. The minimum absolute atomic E-state index is 0.405. The maximum absolute atomic E-state index is 6.49. The van der Waals surface area contributed by atoms with Gasteiger partial charge in [-0.05, 0) is 48.9 Å². The lowest BCUT2D eigenvalue weighted by molar-refractivity contribution is 0.478. The molecule has 0 radical (unpaired) electrons. The fourth-order valence-corrected chi connectivity index (χ4v) is 3.56. The van der Waals surface area contributed by atoms with Crippen LogP contribution < -0.4 is 21.1 Å². The van der Waals surface area contributed by atoms with Gasteiger partial charge in [0.15, 0.2) is 0 Å². The molecule has 0 bridgehead atoms. The molecule has 1 atom stereocenters. The van der Waals surface area contributed by atoms with Gasteiger partial charge in [0, 0.05) is 41.6 Å². The van der Waals surface area contributed by atoms with Crippen LogP contribution in [0, 0.1) is 6.92 Å². The zero-order valence-electron chi connectivity index (χ0n) is 15.9. The highest BCUT2D eigenvalue weighted by molar-refractivity contribution is 5.87. The second-order valence-electron chi connectivity index (χ2n) is 6.98. The molecular formula is C22H20N6O. The van der Waals surface area contributed by atoms with Gasteiger partial charge < -0.3 is 25.5 Å². The lowest BCUT2D eigenvalue weighted by Gasteiger charge is -2.32. The Bertz CT molecular complexity index is 1250. The topological polar surface area (TPSA) is 94.2 Å².